The molecular formula is C17H19NO5S. The smallest absolute Gasteiger partial charge is 0.341 e. The molecule has 1 aromatic carbocycles. The van der Waals surface area contributed by atoms with E-state index >= 15 is 0 Å². The van der Waals surface area contributed by atoms with Crippen LogP contribution in [0.25, 0.3) is 0 Å². The zero-order valence-electron chi connectivity index (χ0n) is 13.7. The van der Waals surface area contributed by atoms with E-state index in [0.29, 0.717) is 12.0 Å². The predicted molar refractivity (Wildman–Crippen MR) is 90.4 cm³/mol. The molecule has 0 aliphatic heterocycles. The molecule has 128 valence electrons. The topological polar surface area (TPSA) is 93.4 Å². The number of nitrogens with zero attached hydrogens (tertiary/aromatic N) is 1. The first-order valence-electron chi connectivity index (χ1n) is 7.41. The van der Waals surface area contributed by atoms with E-state index in [1.54, 1.807) is 31.3 Å². The summed E-state index contributed by atoms with van der Waals surface area (Å²) in [4.78, 5) is 24.0. The Labute approximate surface area is 140 Å². The second-order valence-corrected chi connectivity index (χ2v) is 7.67. The predicted octanol–water partition coefficient (Wildman–Crippen LogP) is 2.26. The normalized spacial score (nSPS) is 12.8. The van der Waals surface area contributed by atoms with Gasteiger partial charge in [-0.3, -0.25) is 4.79 Å². The van der Waals surface area contributed by atoms with Crippen LogP contribution in [0.4, 0.5) is 0 Å². The molecule has 1 N–H and O–H groups in total. The van der Waals surface area contributed by atoms with Crippen molar-refractivity contribution in [3.8, 4) is 0 Å². The van der Waals surface area contributed by atoms with Crippen LogP contribution < -0.4 is 5.56 Å². The molecule has 1 unspecified atom stereocenters. The van der Waals surface area contributed by atoms with Crippen molar-refractivity contribution in [1.29, 1.82) is 0 Å². The number of hydrogen-bond acceptors (Lipinski definition) is 4. The van der Waals surface area contributed by atoms with Gasteiger partial charge in [0.2, 0.25) is 0 Å². The average molecular weight is 349 g/mol. The molecule has 0 saturated heterocycles. The highest BCUT2D eigenvalue weighted by molar-refractivity contribution is 7.90. The van der Waals surface area contributed by atoms with Crippen molar-refractivity contribution in [1.82, 2.24) is 4.57 Å². The van der Waals surface area contributed by atoms with Crippen LogP contribution in [0.5, 0.6) is 0 Å². The van der Waals surface area contributed by atoms with E-state index in [4.69, 9.17) is 0 Å². The number of sulfone groups is 1. The van der Waals surface area contributed by atoms with Gasteiger partial charge in [0.05, 0.1) is 10.9 Å². The molecule has 2 rings (SSSR count). The maximum Gasteiger partial charge on any atom is 0.341 e. The Morgan fingerprint density at radius 2 is 1.79 bits per heavy atom. The maximum atomic E-state index is 12.5. The van der Waals surface area contributed by atoms with Crippen LogP contribution in [-0.4, -0.2) is 30.3 Å². The quantitative estimate of drug-likeness (QED) is 0.893. The lowest BCUT2D eigenvalue weighted by atomic mass is 10.0. The largest absolute Gasteiger partial charge is 0.477 e. The highest BCUT2D eigenvalue weighted by Gasteiger charge is 2.20. The molecule has 7 heteroatoms. The Morgan fingerprint density at radius 1 is 1.21 bits per heavy atom. The van der Waals surface area contributed by atoms with Gasteiger partial charge >= 0.3 is 5.97 Å². The lowest BCUT2D eigenvalue weighted by Crippen LogP contribution is -2.30. The van der Waals surface area contributed by atoms with Gasteiger partial charge in [0, 0.05) is 12.5 Å². The van der Waals surface area contributed by atoms with Crippen molar-refractivity contribution in [2.75, 3.05) is 6.26 Å². The molecule has 1 aromatic heterocycles. The second-order valence-electron chi connectivity index (χ2n) is 5.66. The summed E-state index contributed by atoms with van der Waals surface area (Å²) in [5, 5.41) is 9.24. The van der Waals surface area contributed by atoms with Crippen molar-refractivity contribution < 1.29 is 18.3 Å². The molecule has 0 saturated carbocycles. The van der Waals surface area contributed by atoms with Crippen molar-refractivity contribution in [2.24, 2.45) is 0 Å². The third kappa shape index (κ3) is 3.41. The first kappa shape index (κ1) is 17.9. The molecule has 2 aromatic rings. The average Bonchev–Trinajstić information content (AvgIpc) is 2.49. The summed E-state index contributed by atoms with van der Waals surface area (Å²) < 4.78 is 24.5. The number of aryl methyl sites for hydroxylation is 1. The molecule has 24 heavy (non-hydrogen) atoms. The molecule has 6 nitrogen and oxygen atoms in total. The minimum atomic E-state index is -3.29. The van der Waals surface area contributed by atoms with E-state index < -0.39 is 21.4 Å². The van der Waals surface area contributed by atoms with E-state index in [2.05, 4.69) is 0 Å². The van der Waals surface area contributed by atoms with E-state index in [0.717, 1.165) is 11.8 Å². The Hall–Kier alpha value is -2.41. The Kier molecular flexibility index (Phi) is 4.94. The fraction of sp³-hybridized carbons (Fsp3) is 0.294. The number of hydrogen-bond donors (Lipinski definition) is 1. The van der Waals surface area contributed by atoms with Crippen LogP contribution in [-0.2, 0) is 9.84 Å². The SMILES string of the molecule is CCC(c1ccc(S(C)(=O)=O)cc1)n1ccc(C)c(C(=O)O)c1=O. The number of aromatic nitrogens is 1. The van der Waals surface area contributed by atoms with Gasteiger partial charge in [-0.25, -0.2) is 13.2 Å². The lowest BCUT2D eigenvalue weighted by Gasteiger charge is -2.20. The van der Waals surface area contributed by atoms with Gasteiger partial charge in [0.15, 0.2) is 9.84 Å². The number of carboxylic acid groups (broad SMARTS) is 1. The number of aromatic carboxylic acids is 1. The minimum absolute atomic E-state index is 0.198. The number of pyridine rings is 1. The third-order valence-electron chi connectivity index (χ3n) is 3.96. The zero-order valence-corrected chi connectivity index (χ0v) is 14.5. The van der Waals surface area contributed by atoms with Gasteiger partial charge in [-0.15, -0.1) is 0 Å². The first-order valence-corrected chi connectivity index (χ1v) is 9.31. The van der Waals surface area contributed by atoms with Crippen LogP contribution in [0.3, 0.4) is 0 Å². The van der Waals surface area contributed by atoms with E-state index in [1.807, 2.05) is 6.92 Å². The number of benzene rings is 1. The zero-order chi connectivity index (χ0) is 18.1. The van der Waals surface area contributed by atoms with Crippen LogP contribution in [0.2, 0.25) is 0 Å². The van der Waals surface area contributed by atoms with Gasteiger partial charge in [0.1, 0.15) is 5.56 Å². The highest BCUT2D eigenvalue weighted by atomic mass is 32.2. The van der Waals surface area contributed by atoms with Crippen molar-refractivity contribution in [3.63, 3.8) is 0 Å². The monoisotopic (exact) mass is 349 g/mol. The fourth-order valence-corrected chi connectivity index (χ4v) is 3.31. The summed E-state index contributed by atoms with van der Waals surface area (Å²) in [6.07, 6.45) is 3.26. The van der Waals surface area contributed by atoms with Crippen LogP contribution in [0.15, 0.2) is 46.2 Å². The van der Waals surface area contributed by atoms with Crippen LogP contribution >= 0.6 is 0 Å². The summed E-state index contributed by atoms with van der Waals surface area (Å²) in [7, 11) is -3.29. The summed E-state index contributed by atoms with van der Waals surface area (Å²) in [5.41, 5.74) is 0.337. The van der Waals surface area contributed by atoms with Gasteiger partial charge in [0.25, 0.3) is 5.56 Å². The van der Waals surface area contributed by atoms with Crippen LogP contribution in [0.1, 0.15) is 40.9 Å². The van der Waals surface area contributed by atoms with Crippen molar-refractivity contribution in [2.45, 2.75) is 31.2 Å². The number of carbonyl (C=O) groups is 1. The van der Waals surface area contributed by atoms with Gasteiger partial charge < -0.3 is 9.67 Å². The molecular weight excluding hydrogens is 330 g/mol. The molecule has 0 aliphatic rings. The molecule has 0 radical (unpaired) electrons. The van der Waals surface area contributed by atoms with Crippen molar-refractivity contribution >= 4 is 15.8 Å². The fourth-order valence-electron chi connectivity index (χ4n) is 2.68. The Balaban J connectivity index is 2.56. The van der Waals surface area contributed by atoms with E-state index in [1.165, 1.54) is 16.7 Å². The van der Waals surface area contributed by atoms with Gasteiger partial charge in [-0.05, 0) is 42.7 Å². The summed E-state index contributed by atoms with van der Waals surface area (Å²) in [6.45, 7) is 3.46. The number of carboxylic acids is 1. The minimum Gasteiger partial charge on any atom is -0.477 e. The second kappa shape index (κ2) is 6.60. The van der Waals surface area contributed by atoms with Gasteiger partial charge in [-0.2, -0.15) is 0 Å². The van der Waals surface area contributed by atoms with E-state index in [-0.39, 0.29) is 16.5 Å². The molecule has 1 heterocycles. The van der Waals surface area contributed by atoms with Gasteiger partial charge in [-0.1, -0.05) is 19.1 Å². The highest BCUT2D eigenvalue weighted by Crippen LogP contribution is 2.22. The van der Waals surface area contributed by atoms with Crippen molar-refractivity contribution in [3.05, 3.63) is 63.6 Å². The lowest BCUT2D eigenvalue weighted by molar-refractivity contribution is 0.0693. The molecule has 0 spiro atoms. The Morgan fingerprint density at radius 3 is 2.25 bits per heavy atom. The molecule has 0 amide bonds. The number of rotatable bonds is 5. The molecule has 1 atom stereocenters. The first-order chi connectivity index (χ1) is 11.2. The third-order valence-corrected chi connectivity index (χ3v) is 5.09. The molecule has 0 bridgehead atoms. The standard InChI is InChI=1S/C17H19NO5S/c1-4-14(12-5-7-13(8-6-12)24(3,22)23)18-10-9-11(2)15(16(18)19)17(20)21/h5-10,14H,4H2,1-3H3,(H,20,21). The summed E-state index contributed by atoms with van der Waals surface area (Å²) >= 11 is 0. The molecule has 0 fully saturated rings. The summed E-state index contributed by atoms with van der Waals surface area (Å²) in [5.74, 6) is -1.26. The maximum absolute atomic E-state index is 12.5. The van der Waals surface area contributed by atoms with Crippen LogP contribution in [0, 0.1) is 6.92 Å². The Bertz CT molecular complexity index is 926. The van der Waals surface area contributed by atoms with E-state index in [9.17, 15) is 23.1 Å². The summed E-state index contributed by atoms with van der Waals surface area (Å²) in [6, 6.07) is 7.51. The molecule has 0 aliphatic carbocycles.